The zero-order chi connectivity index (χ0) is 13.7. The predicted octanol–water partition coefficient (Wildman–Crippen LogP) is 4.04. The summed E-state index contributed by atoms with van der Waals surface area (Å²) in [5.74, 6) is 1.75. The van der Waals surface area contributed by atoms with Crippen molar-refractivity contribution in [3.05, 3.63) is 28.2 Å². The van der Waals surface area contributed by atoms with Gasteiger partial charge in [0, 0.05) is 10.9 Å². The monoisotopic (exact) mass is 314 g/mol. The molecule has 2 unspecified atom stereocenters. The SMILES string of the molecule is COc1ccc(Br)cc1CC(O)C(C)CC(C)C. The van der Waals surface area contributed by atoms with E-state index in [0.29, 0.717) is 18.3 Å². The minimum Gasteiger partial charge on any atom is -0.496 e. The third kappa shape index (κ3) is 4.62. The van der Waals surface area contributed by atoms with Crippen LogP contribution in [0, 0.1) is 11.8 Å². The third-order valence-electron chi connectivity index (χ3n) is 3.17. The Morgan fingerprint density at radius 1 is 1.28 bits per heavy atom. The van der Waals surface area contributed by atoms with Crippen molar-refractivity contribution in [3.63, 3.8) is 0 Å². The lowest BCUT2D eigenvalue weighted by molar-refractivity contribution is 0.104. The van der Waals surface area contributed by atoms with Gasteiger partial charge in [-0.2, -0.15) is 0 Å². The van der Waals surface area contributed by atoms with Crippen molar-refractivity contribution < 1.29 is 9.84 Å². The summed E-state index contributed by atoms with van der Waals surface area (Å²) in [6, 6.07) is 5.90. The summed E-state index contributed by atoms with van der Waals surface area (Å²) >= 11 is 3.46. The van der Waals surface area contributed by atoms with E-state index in [1.807, 2.05) is 18.2 Å². The molecular formula is C15H23BrO2. The van der Waals surface area contributed by atoms with E-state index in [0.717, 1.165) is 22.2 Å². The molecule has 2 atom stereocenters. The molecule has 3 heteroatoms. The van der Waals surface area contributed by atoms with Crippen LogP contribution < -0.4 is 4.74 Å². The van der Waals surface area contributed by atoms with Gasteiger partial charge in [-0.15, -0.1) is 0 Å². The summed E-state index contributed by atoms with van der Waals surface area (Å²) < 4.78 is 6.35. The number of rotatable bonds is 6. The van der Waals surface area contributed by atoms with Crippen LogP contribution in [0.4, 0.5) is 0 Å². The Hall–Kier alpha value is -0.540. The van der Waals surface area contributed by atoms with Gasteiger partial charge in [-0.1, -0.05) is 36.7 Å². The lowest BCUT2D eigenvalue weighted by Gasteiger charge is -2.21. The molecule has 0 saturated carbocycles. The van der Waals surface area contributed by atoms with Gasteiger partial charge in [-0.25, -0.2) is 0 Å². The van der Waals surface area contributed by atoms with Crippen molar-refractivity contribution >= 4 is 15.9 Å². The maximum atomic E-state index is 10.3. The second-order valence-electron chi connectivity index (χ2n) is 5.33. The molecule has 1 N–H and O–H groups in total. The fraction of sp³-hybridized carbons (Fsp3) is 0.600. The topological polar surface area (TPSA) is 29.5 Å². The molecule has 0 saturated heterocycles. The van der Waals surface area contributed by atoms with Crippen LogP contribution in [0.15, 0.2) is 22.7 Å². The highest BCUT2D eigenvalue weighted by molar-refractivity contribution is 9.10. The second kappa shape index (κ2) is 7.15. The average Bonchev–Trinajstić information content (AvgIpc) is 2.28. The number of halogens is 1. The minimum absolute atomic E-state index is 0.300. The molecule has 0 bridgehead atoms. The van der Waals surface area contributed by atoms with E-state index in [-0.39, 0.29) is 6.10 Å². The largest absolute Gasteiger partial charge is 0.496 e. The molecule has 0 heterocycles. The Labute approximate surface area is 118 Å². The van der Waals surface area contributed by atoms with E-state index in [9.17, 15) is 5.11 Å². The molecule has 0 aliphatic heterocycles. The maximum absolute atomic E-state index is 10.3. The van der Waals surface area contributed by atoms with Gasteiger partial charge >= 0.3 is 0 Å². The van der Waals surface area contributed by atoms with Crippen LogP contribution in [0.3, 0.4) is 0 Å². The van der Waals surface area contributed by atoms with E-state index < -0.39 is 0 Å². The molecule has 0 aliphatic rings. The van der Waals surface area contributed by atoms with E-state index in [2.05, 4.69) is 36.7 Å². The summed E-state index contributed by atoms with van der Waals surface area (Å²) in [5, 5.41) is 10.3. The Morgan fingerprint density at radius 2 is 1.94 bits per heavy atom. The lowest BCUT2D eigenvalue weighted by atomic mass is 9.90. The molecule has 1 rings (SSSR count). The Morgan fingerprint density at radius 3 is 2.50 bits per heavy atom. The summed E-state index contributed by atoms with van der Waals surface area (Å²) in [4.78, 5) is 0. The van der Waals surface area contributed by atoms with Crippen LogP contribution in [0.5, 0.6) is 5.75 Å². The molecule has 0 spiro atoms. The summed E-state index contributed by atoms with van der Waals surface area (Å²) in [6.07, 6.45) is 1.35. The van der Waals surface area contributed by atoms with Gasteiger partial charge in [-0.3, -0.25) is 0 Å². The normalized spacial score (nSPS) is 14.6. The first-order chi connectivity index (χ1) is 8.43. The van der Waals surface area contributed by atoms with Crippen LogP contribution in [-0.4, -0.2) is 18.3 Å². The number of hydrogen-bond acceptors (Lipinski definition) is 2. The molecular weight excluding hydrogens is 292 g/mol. The molecule has 2 nitrogen and oxygen atoms in total. The predicted molar refractivity (Wildman–Crippen MR) is 79.0 cm³/mol. The highest BCUT2D eigenvalue weighted by atomic mass is 79.9. The fourth-order valence-electron chi connectivity index (χ4n) is 2.23. The summed E-state index contributed by atoms with van der Waals surface area (Å²) in [5.41, 5.74) is 1.05. The van der Waals surface area contributed by atoms with E-state index in [1.54, 1.807) is 7.11 Å². The number of ether oxygens (including phenoxy) is 1. The summed E-state index contributed by atoms with van der Waals surface area (Å²) in [6.45, 7) is 6.47. The molecule has 0 aliphatic carbocycles. The number of hydrogen-bond donors (Lipinski definition) is 1. The molecule has 1 aromatic carbocycles. The fourth-order valence-corrected chi connectivity index (χ4v) is 2.64. The molecule has 1 aromatic rings. The quantitative estimate of drug-likeness (QED) is 0.858. The van der Waals surface area contributed by atoms with Crippen molar-refractivity contribution in [1.29, 1.82) is 0 Å². The number of benzene rings is 1. The zero-order valence-corrected chi connectivity index (χ0v) is 13.2. The van der Waals surface area contributed by atoms with Gasteiger partial charge in [0.15, 0.2) is 0 Å². The molecule has 18 heavy (non-hydrogen) atoms. The van der Waals surface area contributed by atoms with Crippen molar-refractivity contribution in [2.24, 2.45) is 11.8 Å². The van der Waals surface area contributed by atoms with Crippen LogP contribution in [0.1, 0.15) is 32.8 Å². The average molecular weight is 315 g/mol. The highest BCUT2D eigenvalue weighted by Gasteiger charge is 2.18. The van der Waals surface area contributed by atoms with Crippen molar-refractivity contribution in [2.45, 2.75) is 39.7 Å². The Bertz CT molecular complexity index is 377. The van der Waals surface area contributed by atoms with Crippen LogP contribution in [-0.2, 0) is 6.42 Å². The van der Waals surface area contributed by atoms with Gasteiger partial charge in [0.25, 0.3) is 0 Å². The smallest absolute Gasteiger partial charge is 0.122 e. The molecule has 102 valence electrons. The van der Waals surface area contributed by atoms with Crippen molar-refractivity contribution in [1.82, 2.24) is 0 Å². The van der Waals surface area contributed by atoms with Crippen molar-refractivity contribution in [2.75, 3.05) is 7.11 Å². The second-order valence-corrected chi connectivity index (χ2v) is 6.25. The maximum Gasteiger partial charge on any atom is 0.122 e. The minimum atomic E-state index is -0.324. The number of aliphatic hydroxyl groups excluding tert-OH is 1. The zero-order valence-electron chi connectivity index (χ0n) is 11.6. The Balaban J connectivity index is 2.74. The van der Waals surface area contributed by atoms with Gasteiger partial charge in [-0.05, 0) is 42.0 Å². The summed E-state index contributed by atoms with van der Waals surface area (Å²) in [7, 11) is 1.66. The number of aliphatic hydroxyl groups is 1. The van der Waals surface area contributed by atoms with E-state index in [4.69, 9.17) is 4.74 Å². The first-order valence-corrected chi connectivity index (χ1v) is 7.23. The molecule has 0 aromatic heterocycles. The van der Waals surface area contributed by atoms with Crippen LogP contribution in [0.2, 0.25) is 0 Å². The van der Waals surface area contributed by atoms with E-state index in [1.165, 1.54) is 0 Å². The lowest BCUT2D eigenvalue weighted by Crippen LogP contribution is -2.22. The first kappa shape index (κ1) is 15.5. The highest BCUT2D eigenvalue weighted by Crippen LogP contribution is 2.26. The first-order valence-electron chi connectivity index (χ1n) is 6.44. The van der Waals surface area contributed by atoms with Gasteiger partial charge in [0.05, 0.1) is 13.2 Å². The van der Waals surface area contributed by atoms with Crippen LogP contribution >= 0.6 is 15.9 Å². The molecule has 0 radical (unpaired) electrons. The standard InChI is InChI=1S/C15H23BrO2/c1-10(2)7-11(3)14(17)9-12-8-13(16)5-6-15(12)18-4/h5-6,8,10-11,14,17H,7,9H2,1-4H3. The van der Waals surface area contributed by atoms with Gasteiger partial charge < -0.3 is 9.84 Å². The molecule has 0 amide bonds. The third-order valence-corrected chi connectivity index (χ3v) is 3.66. The molecule has 0 fully saturated rings. The Kier molecular flexibility index (Phi) is 6.16. The van der Waals surface area contributed by atoms with E-state index >= 15 is 0 Å². The number of methoxy groups -OCH3 is 1. The van der Waals surface area contributed by atoms with Gasteiger partial charge in [0.2, 0.25) is 0 Å². The van der Waals surface area contributed by atoms with Crippen molar-refractivity contribution in [3.8, 4) is 5.75 Å². The van der Waals surface area contributed by atoms with Crippen LogP contribution in [0.25, 0.3) is 0 Å². The van der Waals surface area contributed by atoms with Gasteiger partial charge in [0.1, 0.15) is 5.75 Å².